The molecular weight excluding hydrogens is 359 g/mol. The Morgan fingerprint density at radius 3 is 1.93 bits per heavy atom. The fourth-order valence-corrected chi connectivity index (χ4v) is 3.63. The minimum atomic E-state index is -4.62. The second-order valence-electron chi connectivity index (χ2n) is 7.31. The van der Waals surface area contributed by atoms with Crippen LogP contribution in [0.25, 0.3) is 17.2 Å². The first kappa shape index (κ1) is 19.6. The van der Waals surface area contributed by atoms with Crippen LogP contribution in [0.1, 0.15) is 49.7 Å². The van der Waals surface area contributed by atoms with E-state index in [0.29, 0.717) is 23.1 Å². The SMILES string of the molecule is CC1CCC(c2ccc(-c3cc(F)c(C=CC(F)(F)F)c(F)c3)cc2)CC1. The van der Waals surface area contributed by atoms with Gasteiger partial charge in [-0.3, -0.25) is 0 Å². The minimum absolute atomic E-state index is 0.173. The molecule has 0 bridgehead atoms. The van der Waals surface area contributed by atoms with Crippen molar-refractivity contribution in [3.8, 4) is 11.1 Å². The van der Waals surface area contributed by atoms with E-state index >= 15 is 0 Å². The molecule has 5 heteroatoms. The lowest BCUT2D eigenvalue weighted by Gasteiger charge is -2.26. The third-order valence-electron chi connectivity index (χ3n) is 5.25. The maximum atomic E-state index is 14.1. The van der Waals surface area contributed by atoms with Gasteiger partial charge < -0.3 is 0 Å². The standard InChI is InChI=1S/C22H21F5/c1-14-2-4-15(5-3-14)16-6-8-17(9-7-16)18-12-20(23)19(21(24)13-18)10-11-22(25,26)27/h6-15H,2-5H2,1H3. The van der Waals surface area contributed by atoms with Crippen LogP contribution in [0.5, 0.6) is 0 Å². The molecule has 0 nitrogen and oxygen atoms in total. The Morgan fingerprint density at radius 2 is 1.41 bits per heavy atom. The molecule has 3 rings (SSSR count). The number of rotatable bonds is 3. The zero-order valence-electron chi connectivity index (χ0n) is 15.0. The van der Waals surface area contributed by atoms with Gasteiger partial charge in [0.25, 0.3) is 0 Å². The van der Waals surface area contributed by atoms with Crippen LogP contribution in [0.2, 0.25) is 0 Å². The van der Waals surface area contributed by atoms with E-state index in [4.69, 9.17) is 0 Å². The van der Waals surface area contributed by atoms with Gasteiger partial charge in [0.05, 0.1) is 0 Å². The van der Waals surface area contributed by atoms with E-state index in [2.05, 4.69) is 6.92 Å². The molecule has 1 saturated carbocycles. The minimum Gasteiger partial charge on any atom is -0.206 e. The van der Waals surface area contributed by atoms with Crippen molar-refractivity contribution in [2.45, 2.75) is 44.7 Å². The highest BCUT2D eigenvalue weighted by molar-refractivity contribution is 5.67. The van der Waals surface area contributed by atoms with E-state index in [0.717, 1.165) is 30.9 Å². The Hall–Kier alpha value is -2.17. The quantitative estimate of drug-likeness (QED) is 0.484. The molecular formula is C22H21F5. The molecule has 0 spiro atoms. The van der Waals surface area contributed by atoms with Crippen molar-refractivity contribution in [3.05, 3.63) is 65.2 Å². The summed E-state index contributed by atoms with van der Waals surface area (Å²) in [5.74, 6) is -0.762. The largest absolute Gasteiger partial charge is 0.409 e. The van der Waals surface area contributed by atoms with Crippen molar-refractivity contribution >= 4 is 6.08 Å². The molecule has 0 amide bonds. The number of benzene rings is 2. The van der Waals surface area contributed by atoms with Gasteiger partial charge in [-0.25, -0.2) is 8.78 Å². The van der Waals surface area contributed by atoms with Crippen LogP contribution >= 0.6 is 0 Å². The van der Waals surface area contributed by atoms with Crippen molar-refractivity contribution in [2.24, 2.45) is 5.92 Å². The van der Waals surface area contributed by atoms with Gasteiger partial charge in [0.15, 0.2) is 0 Å². The summed E-state index contributed by atoms with van der Waals surface area (Å²) in [5.41, 5.74) is 1.46. The molecule has 0 N–H and O–H groups in total. The van der Waals surface area contributed by atoms with Gasteiger partial charge in [0.1, 0.15) is 11.6 Å². The lowest BCUT2D eigenvalue weighted by molar-refractivity contribution is -0.0790. The van der Waals surface area contributed by atoms with Crippen LogP contribution in [0.4, 0.5) is 22.0 Å². The van der Waals surface area contributed by atoms with Crippen LogP contribution in [0, 0.1) is 17.6 Å². The monoisotopic (exact) mass is 380 g/mol. The first-order valence-corrected chi connectivity index (χ1v) is 9.08. The third kappa shape index (κ3) is 4.96. The molecule has 0 saturated heterocycles. The molecule has 2 aromatic rings. The van der Waals surface area contributed by atoms with Gasteiger partial charge in [0, 0.05) is 11.6 Å². The Labute approximate surface area is 155 Å². The summed E-state index contributed by atoms with van der Waals surface area (Å²) < 4.78 is 64.9. The van der Waals surface area contributed by atoms with Crippen LogP contribution in [-0.2, 0) is 0 Å². The van der Waals surface area contributed by atoms with Crippen molar-refractivity contribution in [2.75, 3.05) is 0 Å². The van der Waals surface area contributed by atoms with E-state index in [1.165, 1.54) is 18.4 Å². The molecule has 144 valence electrons. The highest BCUT2D eigenvalue weighted by atomic mass is 19.4. The van der Waals surface area contributed by atoms with Gasteiger partial charge >= 0.3 is 6.18 Å². The number of halogens is 5. The summed E-state index contributed by atoms with van der Waals surface area (Å²) >= 11 is 0. The van der Waals surface area contributed by atoms with E-state index < -0.39 is 23.4 Å². The van der Waals surface area contributed by atoms with Gasteiger partial charge in [-0.2, -0.15) is 13.2 Å². The van der Waals surface area contributed by atoms with E-state index in [-0.39, 0.29) is 6.08 Å². The smallest absolute Gasteiger partial charge is 0.206 e. The number of hydrogen-bond donors (Lipinski definition) is 0. The van der Waals surface area contributed by atoms with Crippen molar-refractivity contribution in [3.63, 3.8) is 0 Å². The summed E-state index contributed by atoms with van der Waals surface area (Å²) in [4.78, 5) is 0. The Balaban J connectivity index is 1.81. The lowest BCUT2D eigenvalue weighted by atomic mass is 9.79. The zero-order valence-corrected chi connectivity index (χ0v) is 15.0. The Morgan fingerprint density at radius 1 is 0.852 bits per heavy atom. The first-order valence-electron chi connectivity index (χ1n) is 9.08. The molecule has 0 unspecified atom stereocenters. The summed E-state index contributed by atoms with van der Waals surface area (Å²) in [5, 5.41) is 0. The topological polar surface area (TPSA) is 0 Å². The van der Waals surface area contributed by atoms with Crippen molar-refractivity contribution in [1.82, 2.24) is 0 Å². The number of allylic oxidation sites excluding steroid dienone is 1. The molecule has 1 aliphatic rings. The van der Waals surface area contributed by atoms with Gasteiger partial charge in [0.2, 0.25) is 0 Å². The zero-order chi connectivity index (χ0) is 19.6. The average molecular weight is 380 g/mol. The second-order valence-corrected chi connectivity index (χ2v) is 7.31. The van der Waals surface area contributed by atoms with Crippen LogP contribution in [0.3, 0.4) is 0 Å². The van der Waals surface area contributed by atoms with E-state index in [1.807, 2.05) is 24.3 Å². The Bertz CT molecular complexity index is 787. The first-order chi connectivity index (χ1) is 12.7. The van der Waals surface area contributed by atoms with Gasteiger partial charge in [-0.1, -0.05) is 44.0 Å². The third-order valence-corrected chi connectivity index (χ3v) is 5.25. The molecule has 2 aromatic carbocycles. The number of hydrogen-bond acceptors (Lipinski definition) is 0. The van der Waals surface area contributed by atoms with Crippen LogP contribution < -0.4 is 0 Å². The summed E-state index contributed by atoms with van der Waals surface area (Å²) in [6.45, 7) is 2.26. The highest BCUT2D eigenvalue weighted by Gasteiger charge is 2.23. The fraction of sp³-hybridized carbons (Fsp3) is 0.364. The van der Waals surface area contributed by atoms with Crippen LogP contribution in [-0.4, -0.2) is 6.18 Å². The van der Waals surface area contributed by atoms with Gasteiger partial charge in [-0.05, 0) is 59.6 Å². The van der Waals surface area contributed by atoms with E-state index in [9.17, 15) is 22.0 Å². The molecule has 0 heterocycles. The number of alkyl halides is 3. The molecule has 1 aliphatic carbocycles. The molecule has 0 aliphatic heterocycles. The molecule has 0 radical (unpaired) electrons. The lowest BCUT2D eigenvalue weighted by Crippen LogP contribution is -2.10. The molecule has 0 aromatic heterocycles. The molecule has 1 fully saturated rings. The molecule has 27 heavy (non-hydrogen) atoms. The highest BCUT2D eigenvalue weighted by Crippen LogP contribution is 2.36. The summed E-state index contributed by atoms with van der Waals surface area (Å²) in [6, 6.07) is 9.71. The van der Waals surface area contributed by atoms with E-state index in [1.54, 1.807) is 0 Å². The van der Waals surface area contributed by atoms with Gasteiger partial charge in [-0.15, -0.1) is 0 Å². The summed E-state index contributed by atoms with van der Waals surface area (Å²) in [6.07, 6.45) is 0.319. The second kappa shape index (κ2) is 7.83. The predicted molar refractivity (Wildman–Crippen MR) is 97.3 cm³/mol. The summed E-state index contributed by atoms with van der Waals surface area (Å²) in [7, 11) is 0. The fourth-order valence-electron chi connectivity index (χ4n) is 3.63. The normalized spacial score (nSPS) is 21.0. The maximum absolute atomic E-state index is 14.1. The van der Waals surface area contributed by atoms with Crippen LogP contribution in [0.15, 0.2) is 42.5 Å². The van der Waals surface area contributed by atoms with Crippen molar-refractivity contribution in [1.29, 1.82) is 0 Å². The van der Waals surface area contributed by atoms with Crippen molar-refractivity contribution < 1.29 is 22.0 Å². The predicted octanol–water partition coefficient (Wildman–Crippen LogP) is 7.50. The maximum Gasteiger partial charge on any atom is 0.409 e. The Kier molecular flexibility index (Phi) is 5.68. The molecule has 0 atom stereocenters. The average Bonchev–Trinajstić information content (AvgIpc) is 2.61.